The minimum atomic E-state index is 0.131. The van der Waals surface area contributed by atoms with Crippen LogP contribution >= 0.6 is 12.2 Å². The van der Waals surface area contributed by atoms with E-state index in [0.717, 1.165) is 16.8 Å². The van der Waals surface area contributed by atoms with Crippen LogP contribution in [0.5, 0.6) is 0 Å². The fraction of sp³-hybridized carbons (Fsp3) is 0.650. The number of hydrogen-bond donors (Lipinski definition) is 1. The first-order valence-corrected chi connectivity index (χ1v) is 9.20. The maximum absolute atomic E-state index is 6.29. The van der Waals surface area contributed by atoms with E-state index in [4.69, 9.17) is 18.0 Å². The quantitative estimate of drug-likeness (QED) is 0.808. The third-order valence-corrected chi connectivity index (χ3v) is 8.19. The zero-order valence-corrected chi connectivity index (χ0v) is 14.6. The van der Waals surface area contributed by atoms with Crippen LogP contribution in [0.3, 0.4) is 0 Å². The van der Waals surface area contributed by atoms with Crippen molar-refractivity contribution in [2.75, 3.05) is 0 Å². The molecule has 1 nitrogen and oxygen atoms in total. The summed E-state index contributed by atoms with van der Waals surface area (Å²) in [5.41, 5.74) is 8.77. The maximum atomic E-state index is 6.29. The number of thiocarbonyl (C=S) groups is 1. The van der Waals surface area contributed by atoms with Gasteiger partial charge in [-0.3, -0.25) is 0 Å². The molecule has 0 heterocycles. The first-order valence-electron chi connectivity index (χ1n) is 8.80. The average molecular weight is 314 g/mol. The Balaban J connectivity index is 1.83. The van der Waals surface area contributed by atoms with E-state index in [-0.39, 0.29) is 5.41 Å². The molecule has 0 aliphatic heterocycles. The summed E-state index contributed by atoms with van der Waals surface area (Å²) in [6, 6.07) is 11.2. The van der Waals surface area contributed by atoms with Crippen LogP contribution in [0.4, 0.5) is 0 Å². The van der Waals surface area contributed by atoms with Gasteiger partial charge in [0.15, 0.2) is 0 Å². The lowest BCUT2D eigenvalue weighted by Gasteiger charge is -2.68. The van der Waals surface area contributed by atoms with Crippen molar-refractivity contribution >= 4 is 17.2 Å². The molecule has 5 rings (SSSR count). The Labute approximate surface area is 139 Å². The van der Waals surface area contributed by atoms with Gasteiger partial charge in [-0.25, -0.2) is 0 Å². The van der Waals surface area contributed by atoms with E-state index >= 15 is 0 Å². The monoisotopic (exact) mass is 313 g/mol. The Bertz CT molecular complexity index is 589. The van der Waals surface area contributed by atoms with Gasteiger partial charge < -0.3 is 5.73 Å². The van der Waals surface area contributed by atoms with E-state index in [1.54, 1.807) is 0 Å². The van der Waals surface area contributed by atoms with Crippen LogP contribution in [0.15, 0.2) is 30.3 Å². The number of hydrogen-bond acceptors (Lipinski definition) is 1. The molecular formula is C20H27NS. The van der Waals surface area contributed by atoms with Crippen LogP contribution in [0.25, 0.3) is 0 Å². The van der Waals surface area contributed by atoms with Crippen molar-refractivity contribution < 1.29 is 0 Å². The average Bonchev–Trinajstić information content (AvgIpc) is 2.52. The first-order chi connectivity index (χ1) is 10.4. The Morgan fingerprint density at radius 2 is 1.73 bits per heavy atom. The molecule has 2 N–H and O–H groups in total. The molecule has 0 amide bonds. The summed E-state index contributed by atoms with van der Waals surface area (Å²) in [5, 5.41) is 0. The highest BCUT2D eigenvalue weighted by Gasteiger charge is 2.65. The van der Waals surface area contributed by atoms with Crippen LogP contribution in [-0.2, 0) is 5.41 Å². The second kappa shape index (κ2) is 4.56. The molecule has 4 aliphatic carbocycles. The molecular weight excluding hydrogens is 286 g/mol. The third-order valence-electron chi connectivity index (χ3n) is 7.76. The van der Waals surface area contributed by atoms with Gasteiger partial charge in [-0.2, -0.15) is 0 Å². The first kappa shape index (κ1) is 14.7. The lowest BCUT2D eigenvalue weighted by atomic mass is 9.36. The van der Waals surface area contributed by atoms with Crippen molar-refractivity contribution in [1.29, 1.82) is 0 Å². The predicted molar refractivity (Wildman–Crippen MR) is 95.8 cm³/mol. The minimum absolute atomic E-state index is 0.131. The Hall–Kier alpha value is -0.890. The summed E-state index contributed by atoms with van der Waals surface area (Å²) >= 11 is 5.58. The Morgan fingerprint density at radius 3 is 2.23 bits per heavy atom. The second-order valence-corrected chi connectivity index (χ2v) is 8.98. The molecule has 1 aromatic carbocycles. The molecule has 1 aromatic rings. The summed E-state index contributed by atoms with van der Waals surface area (Å²) in [5.74, 6) is 1.56. The van der Waals surface area contributed by atoms with Crippen molar-refractivity contribution in [2.45, 2.75) is 57.8 Å². The van der Waals surface area contributed by atoms with Gasteiger partial charge in [0, 0.05) is 5.41 Å². The molecule has 0 spiro atoms. The standard InChI is InChI=1S/C20H27NS/c1-3-18(2)15-9-19(14-7-5-4-6-8-14)10-16(18)12-20(11-15,13-19)17(21)22/h4-8,15-16H,3,9-13H2,1-2H3,(H2,21,22). The molecule has 0 aromatic heterocycles. The highest BCUT2D eigenvalue weighted by Crippen LogP contribution is 2.71. The Kier molecular flexibility index (Phi) is 3.05. The van der Waals surface area contributed by atoms with Crippen molar-refractivity contribution in [3.05, 3.63) is 35.9 Å². The molecule has 118 valence electrons. The summed E-state index contributed by atoms with van der Waals surface area (Å²) in [6.07, 6.45) is 7.62. The molecule has 4 fully saturated rings. The molecule has 2 unspecified atom stereocenters. The molecule has 4 bridgehead atoms. The van der Waals surface area contributed by atoms with Crippen molar-refractivity contribution in [3.8, 4) is 0 Å². The van der Waals surface area contributed by atoms with Crippen LogP contribution in [0, 0.1) is 22.7 Å². The van der Waals surface area contributed by atoms with Gasteiger partial charge in [0.25, 0.3) is 0 Å². The van der Waals surface area contributed by atoms with Gasteiger partial charge in [0.1, 0.15) is 0 Å². The van der Waals surface area contributed by atoms with Crippen LogP contribution < -0.4 is 5.73 Å². The topological polar surface area (TPSA) is 26.0 Å². The molecule has 4 saturated carbocycles. The highest BCUT2D eigenvalue weighted by molar-refractivity contribution is 7.80. The molecule has 0 radical (unpaired) electrons. The van der Waals surface area contributed by atoms with Gasteiger partial charge in [-0.15, -0.1) is 0 Å². The molecule has 2 atom stereocenters. The van der Waals surface area contributed by atoms with E-state index in [1.165, 1.54) is 44.1 Å². The van der Waals surface area contributed by atoms with Gasteiger partial charge in [-0.05, 0) is 60.3 Å². The Morgan fingerprint density at radius 1 is 1.14 bits per heavy atom. The van der Waals surface area contributed by atoms with Gasteiger partial charge in [0.2, 0.25) is 0 Å². The zero-order valence-electron chi connectivity index (χ0n) is 13.8. The van der Waals surface area contributed by atoms with Crippen molar-refractivity contribution in [2.24, 2.45) is 28.4 Å². The molecule has 4 aliphatic rings. The number of rotatable bonds is 3. The summed E-state index contributed by atoms with van der Waals surface area (Å²) in [6.45, 7) is 4.91. The summed E-state index contributed by atoms with van der Waals surface area (Å²) in [4.78, 5) is 0.792. The van der Waals surface area contributed by atoms with Gasteiger partial charge in [0.05, 0.1) is 4.99 Å². The van der Waals surface area contributed by atoms with E-state index < -0.39 is 0 Å². The van der Waals surface area contributed by atoms with Crippen molar-refractivity contribution in [1.82, 2.24) is 0 Å². The van der Waals surface area contributed by atoms with Crippen LogP contribution in [0.1, 0.15) is 57.9 Å². The van der Waals surface area contributed by atoms with E-state index in [1.807, 2.05) is 0 Å². The molecule has 2 heteroatoms. The second-order valence-electron chi connectivity index (χ2n) is 8.54. The minimum Gasteiger partial charge on any atom is -0.393 e. The molecule has 22 heavy (non-hydrogen) atoms. The molecule has 0 saturated heterocycles. The lowest BCUT2D eigenvalue weighted by Crippen LogP contribution is -2.64. The smallest absolute Gasteiger partial charge is 0.0790 e. The largest absolute Gasteiger partial charge is 0.393 e. The van der Waals surface area contributed by atoms with Crippen molar-refractivity contribution in [3.63, 3.8) is 0 Å². The fourth-order valence-electron chi connectivity index (χ4n) is 6.40. The predicted octanol–water partition coefficient (Wildman–Crippen LogP) is 4.84. The number of nitrogens with two attached hydrogens (primary N) is 1. The van der Waals surface area contributed by atoms with Crippen LogP contribution in [-0.4, -0.2) is 4.99 Å². The third kappa shape index (κ3) is 1.73. The van der Waals surface area contributed by atoms with E-state index in [2.05, 4.69) is 44.2 Å². The van der Waals surface area contributed by atoms with E-state index in [9.17, 15) is 0 Å². The van der Waals surface area contributed by atoms with Crippen LogP contribution in [0.2, 0.25) is 0 Å². The van der Waals surface area contributed by atoms with Gasteiger partial charge in [-0.1, -0.05) is 62.8 Å². The summed E-state index contributed by atoms with van der Waals surface area (Å²) < 4.78 is 0. The maximum Gasteiger partial charge on any atom is 0.0790 e. The van der Waals surface area contributed by atoms with E-state index in [0.29, 0.717) is 10.8 Å². The summed E-state index contributed by atoms with van der Waals surface area (Å²) in [7, 11) is 0. The normalized spacial score (nSPS) is 45.9. The SMILES string of the molecule is CCC1(C)C2CC3(C(N)=S)CC1CC(c1ccccc1)(C2)C3. The fourth-order valence-corrected chi connectivity index (χ4v) is 6.63. The lowest BCUT2D eigenvalue weighted by molar-refractivity contribution is -0.134. The zero-order chi connectivity index (χ0) is 15.6. The highest BCUT2D eigenvalue weighted by atomic mass is 32.1. The number of benzene rings is 1. The van der Waals surface area contributed by atoms with Gasteiger partial charge >= 0.3 is 0 Å².